The highest BCUT2D eigenvalue weighted by Crippen LogP contribution is 2.19. The van der Waals surface area contributed by atoms with Crippen LogP contribution in [0.4, 0.5) is 0 Å². The number of nitrogens with zero attached hydrogens (tertiary/aromatic N) is 3. The zero-order chi connectivity index (χ0) is 21.3. The van der Waals surface area contributed by atoms with Crippen LogP contribution < -0.4 is 15.4 Å². The fourth-order valence-corrected chi connectivity index (χ4v) is 3.08. The molecule has 0 aliphatic heterocycles. The van der Waals surface area contributed by atoms with Crippen molar-refractivity contribution in [3.63, 3.8) is 0 Å². The van der Waals surface area contributed by atoms with Gasteiger partial charge in [0.15, 0.2) is 5.96 Å². The maximum absolute atomic E-state index is 10.5. The van der Waals surface area contributed by atoms with Crippen LogP contribution in [0.25, 0.3) is 5.65 Å². The van der Waals surface area contributed by atoms with E-state index in [1.54, 1.807) is 0 Å². The van der Waals surface area contributed by atoms with Gasteiger partial charge in [0.1, 0.15) is 11.4 Å². The predicted molar refractivity (Wildman–Crippen MR) is 120 cm³/mol. The summed E-state index contributed by atoms with van der Waals surface area (Å²) in [4.78, 5) is 9.13. The molecule has 0 amide bonds. The molecule has 0 spiro atoms. The molecule has 0 aliphatic carbocycles. The molecule has 3 N–H and O–H groups in total. The highest BCUT2D eigenvalue weighted by Gasteiger charge is 2.09. The van der Waals surface area contributed by atoms with Crippen LogP contribution in [-0.2, 0) is 6.42 Å². The molecular formula is C23H31N5O2. The third kappa shape index (κ3) is 6.22. The zero-order valence-corrected chi connectivity index (χ0v) is 17.9. The molecule has 0 aliphatic rings. The van der Waals surface area contributed by atoms with Crippen LogP contribution in [-0.4, -0.2) is 46.2 Å². The summed E-state index contributed by atoms with van der Waals surface area (Å²) >= 11 is 0. The normalized spacial score (nSPS) is 12.9. The Bertz CT molecular complexity index is 917. The molecule has 0 radical (unpaired) electrons. The molecule has 7 heteroatoms. The Hall–Kier alpha value is -3.06. The molecule has 160 valence electrons. The van der Waals surface area contributed by atoms with Gasteiger partial charge in [-0.05, 0) is 50.6 Å². The van der Waals surface area contributed by atoms with Gasteiger partial charge in [-0.3, -0.25) is 4.99 Å². The standard InChI is InChI=1S/C23H31N5O2/c1-4-24-23(25-13-12-19-16-28-14-6-5-7-22(28)27-19)26-15-21(29)18-8-10-20(11-9-18)30-17(2)3/h5-11,14,16-17,21,29H,4,12-13,15H2,1-3H3,(H2,24,25,26). The molecule has 2 aromatic heterocycles. The van der Waals surface area contributed by atoms with Gasteiger partial charge in [0.2, 0.25) is 0 Å². The molecule has 0 bridgehead atoms. The molecule has 7 nitrogen and oxygen atoms in total. The van der Waals surface area contributed by atoms with Crippen molar-refractivity contribution in [3.8, 4) is 5.75 Å². The third-order valence-corrected chi connectivity index (χ3v) is 4.49. The molecule has 3 aromatic rings. The fraction of sp³-hybridized carbons (Fsp3) is 0.391. The minimum atomic E-state index is -0.674. The Morgan fingerprint density at radius 1 is 1.17 bits per heavy atom. The van der Waals surface area contributed by atoms with Crippen LogP contribution >= 0.6 is 0 Å². The topological polar surface area (TPSA) is 83.2 Å². The molecule has 0 fully saturated rings. The summed E-state index contributed by atoms with van der Waals surface area (Å²) < 4.78 is 7.66. The summed E-state index contributed by atoms with van der Waals surface area (Å²) in [6.07, 6.45) is 4.27. The van der Waals surface area contributed by atoms with E-state index in [1.165, 1.54) is 0 Å². The zero-order valence-electron chi connectivity index (χ0n) is 17.9. The van der Waals surface area contributed by atoms with Gasteiger partial charge in [0.05, 0.1) is 24.4 Å². The number of fused-ring (bicyclic) bond motifs is 1. The van der Waals surface area contributed by atoms with Gasteiger partial charge in [-0.15, -0.1) is 0 Å². The van der Waals surface area contributed by atoms with Crippen LogP contribution in [0.2, 0.25) is 0 Å². The molecule has 3 rings (SSSR count). The Morgan fingerprint density at radius 3 is 2.67 bits per heavy atom. The van der Waals surface area contributed by atoms with E-state index in [4.69, 9.17) is 4.74 Å². The number of rotatable bonds is 9. The van der Waals surface area contributed by atoms with Gasteiger partial charge < -0.3 is 24.9 Å². The number of ether oxygens (including phenoxy) is 1. The number of guanidine groups is 1. The van der Waals surface area contributed by atoms with Gasteiger partial charge in [0.25, 0.3) is 0 Å². The average molecular weight is 410 g/mol. The molecular weight excluding hydrogens is 378 g/mol. The van der Waals surface area contributed by atoms with E-state index in [0.717, 1.165) is 35.6 Å². The molecule has 30 heavy (non-hydrogen) atoms. The number of aliphatic hydroxyl groups excluding tert-OH is 1. The molecule has 0 saturated carbocycles. The highest BCUT2D eigenvalue weighted by molar-refractivity contribution is 5.79. The Morgan fingerprint density at radius 2 is 1.97 bits per heavy atom. The van der Waals surface area contributed by atoms with Crippen molar-refractivity contribution in [2.24, 2.45) is 4.99 Å². The monoisotopic (exact) mass is 409 g/mol. The van der Waals surface area contributed by atoms with Crippen molar-refractivity contribution in [2.45, 2.75) is 39.4 Å². The first-order valence-electron chi connectivity index (χ1n) is 10.4. The number of hydrogen-bond acceptors (Lipinski definition) is 4. The molecule has 1 aromatic carbocycles. The lowest BCUT2D eigenvalue weighted by atomic mass is 10.1. The average Bonchev–Trinajstić information content (AvgIpc) is 3.14. The summed E-state index contributed by atoms with van der Waals surface area (Å²) in [5, 5.41) is 17.0. The van der Waals surface area contributed by atoms with E-state index < -0.39 is 6.10 Å². The lowest BCUT2D eigenvalue weighted by Crippen LogP contribution is -2.38. The van der Waals surface area contributed by atoms with Crippen molar-refractivity contribution in [2.75, 3.05) is 19.6 Å². The quantitative estimate of drug-likeness (QED) is 0.374. The summed E-state index contributed by atoms with van der Waals surface area (Å²) in [7, 11) is 0. The van der Waals surface area contributed by atoms with Gasteiger partial charge in [-0.25, -0.2) is 4.98 Å². The van der Waals surface area contributed by atoms with Crippen molar-refractivity contribution < 1.29 is 9.84 Å². The van der Waals surface area contributed by atoms with Gasteiger partial charge >= 0.3 is 0 Å². The number of hydrogen-bond donors (Lipinski definition) is 3. The minimum Gasteiger partial charge on any atom is -0.491 e. The minimum absolute atomic E-state index is 0.125. The van der Waals surface area contributed by atoms with Gasteiger partial charge in [-0.2, -0.15) is 0 Å². The first-order valence-corrected chi connectivity index (χ1v) is 10.4. The largest absolute Gasteiger partial charge is 0.491 e. The van der Waals surface area contributed by atoms with Crippen molar-refractivity contribution in [3.05, 3.63) is 66.1 Å². The van der Waals surface area contributed by atoms with Crippen molar-refractivity contribution >= 4 is 11.6 Å². The second-order valence-corrected chi connectivity index (χ2v) is 7.35. The van der Waals surface area contributed by atoms with Crippen LogP contribution in [0, 0.1) is 0 Å². The predicted octanol–water partition coefficient (Wildman–Crippen LogP) is 2.95. The number of imidazole rings is 1. The van der Waals surface area contributed by atoms with Crippen LogP contribution in [0.1, 0.15) is 38.1 Å². The van der Waals surface area contributed by atoms with E-state index in [-0.39, 0.29) is 12.6 Å². The summed E-state index contributed by atoms with van der Waals surface area (Å²) in [5.74, 6) is 1.48. The molecule has 2 heterocycles. The van der Waals surface area contributed by atoms with Crippen molar-refractivity contribution in [1.29, 1.82) is 0 Å². The Labute approximate surface area is 177 Å². The second-order valence-electron chi connectivity index (χ2n) is 7.35. The van der Waals surface area contributed by atoms with Crippen LogP contribution in [0.15, 0.2) is 59.9 Å². The lowest BCUT2D eigenvalue weighted by Gasteiger charge is -2.14. The van der Waals surface area contributed by atoms with Crippen molar-refractivity contribution in [1.82, 2.24) is 20.0 Å². The number of aliphatic hydroxyl groups is 1. The number of benzene rings is 1. The molecule has 1 unspecified atom stereocenters. The van der Waals surface area contributed by atoms with Gasteiger partial charge in [0, 0.05) is 31.9 Å². The van der Waals surface area contributed by atoms with E-state index in [0.29, 0.717) is 12.5 Å². The first-order chi connectivity index (χ1) is 14.5. The van der Waals surface area contributed by atoms with E-state index in [9.17, 15) is 5.11 Å². The lowest BCUT2D eigenvalue weighted by molar-refractivity contribution is 0.186. The van der Waals surface area contributed by atoms with Crippen LogP contribution in [0.3, 0.4) is 0 Å². The van der Waals surface area contributed by atoms with Crippen LogP contribution in [0.5, 0.6) is 5.75 Å². The Kier molecular flexibility index (Phi) is 7.68. The smallest absolute Gasteiger partial charge is 0.191 e. The molecule has 1 atom stereocenters. The summed E-state index contributed by atoms with van der Waals surface area (Å²) in [6.45, 7) is 7.71. The number of pyridine rings is 1. The van der Waals surface area contributed by atoms with E-state index in [1.807, 2.05) is 80.0 Å². The highest BCUT2D eigenvalue weighted by atomic mass is 16.5. The first kappa shape index (κ1) is 21.6. The summed E-state index contributed by atoms with van der Waals surface area (Å²) in [6, 6.07) is 13.5. The van der Waals surface area contributed by atoms with Gasteiger partial charge in [-0.1, -0.05) is 18.2 Å². The number of nitrogens with one attached hydrogen (secondary N) is 2. The second kappa shape index (κ2) is 10.6. The molecule has 0 saturated heterocycles. The SMILES string of the molecule is CCNC(=NCC(O)c1ccc(OC(C)C)cc1)NCCc1cn2ccccc2n1. The van der Waals surface area contributed by atoms with E-state index in [2.05, 4.69) is 20.6 Å². The Balaban J connectivity index is 1.52. The number of aliphatic imine (C=N–C) groups is 1. The maximum atomic E-state index is 10.5. The van der Waals surface area contributed by atoms with E-state index >= 15 is 0 Å². The third-order valence-electron chi connectivity index (χ3n) is 4.49. The fourth-order valence-electron chi connectivity index (χ4n) is 3.08. The summed E-state index contributed by atoms with van der Waals surface area (Å²) in [5.41, 5.74) is 2.78. The maximum Gasteiger partial charge on any atom is 0.191 e. The number of aromatic nitrogens is 2.